The van der Waals surface area contributed by atoms with Crippen LogP contribution in [0, 0.1) is 0 Å². The van der Waals surface area contributed by atoms with E-state index in [1.807, 2.05) is 66.7 Å². The van der Waals surface area contributed by atoms with Crippen molar-refractivity contribution >= 4 is 11.8 Å². The summed E-state index contributed by atoms with van der Waals surface area (Å²) in [6, 6.07) is 30.8. The maximum Gasteiger partial charge on any atom is 0.261 e. The topological polar surface area (TPSA) is 99.5 Å². The lowest BCUT2D eigenvalue weighted by Gasteiger charge is -2.38. The van der Waals surface area contributed by atoms with Crippen molar-refractivity contribution in [3.8, 4) is 11.1 Å². The van der Waals surface area contributed by atoms with Crippen molar-refractivity contribution in [2.24, 2.45) is 0 Å². The summed E-state index contributed by atoms with van der Waals surface area (Å²) in [6.07, 6.45) is 0.268. The van der Waals surface area contributed by atoms with Gasteiger partial charge in [0.1, 0.15) is 0 Å². The summed E-state index contributed by atoms with van der Waals surface area (Å²) in [5.41, 5.74) is 6.45. The van der Waals surface area contributed by atoms with Crippen LogP contribution in [0.15, 0.2) is 97.1 Å². The van der Waals surface area contributed by atoms with Gasteiger partial charge in [-0.25, -0.2) is 0 Å². The van der Waals surface area contributed by atoms with Crippen molar-refractivity contribution in [3.05, 3.63) is 130 Å². The van der Waals surface area contributed by atoms with Gasteiger partial charge in [-0.05, 0) is 58.5 Å². The van der Waals surface area contributed by atoms with Gasteiger partial charge in [-0.3, -0.25) is 19.4 Å². The van der Waals surface area contributed by atoms with E-state index in [1.54, 1.807) is 24.3 Å². The number of β-amino-alcohol motifs (C(OH)–C–C–N with tert-alkyl or cyclic N) is 1. The number of imide groups is 1. The Bertz CT molecular complexity index is 1670. The molecular formula is C37H36N2O6. The molecule has 0 aliphatic carbocycles. The molecule has 230 valence electrons. The molecule has 0 spiro atoms. The minimum absolute atomic E-state index is 0.0102. The summed E-state index contributed by atoms with van der Waals surface area (Å²) in [5, 5.41) is 19.6. The number of carbonyl (C=O) groups excluding carboxylic acids is 2. The average molecular weight is 605 g/mol. The van der Waals surface area contributed by atoms with Gasteiger partial charge in [0, 0.05) is 31.6 Å². The van der Waals surface area contributed by atoms with Gasteiger partial charge in [0.2, 0.25) is 0 Å². The molecule has 2 N–H and O–H groups in total. The Morgan fingerprint density at radius 2 is 1.47 bits per heavy atom. The first-order valence-corrected chi connectivity index (χ1v) is 15.5. The quantitative estimate of drug-likeness (QED) is 0.265. The van der Waals surface area contributed by atoms with E-state index in [1.165, 1.54) is 4.90 Å². The van der Waals surface area contributed by atoms with Crippen LogP contribution < -0.4 is 0 Å². The lowest BCUT2D eigenvalue weighted by molar-refractivity contribution is -0.252. The number of benzene rings is 4. The van der Waals surface area contributed by atoms with Gasteiger partial charge >= 0.3 is 0 Å². The Balaban J connectivity index is 1.12. The third kappa shape index (κ3) is 6.20. The number of carbonyl (C=O) groups is 2. The molecule has 0 unspecified atom stereocenters. The predicted molar refractivity (Wildman–Crippen MR) is 168 cm³/mol. The number of fused-ring (bicyclic) bond motifs is 1. The third-order valence-corrected chi connectivity index (χ3v) is 8.96. The highest BCUT2D eigenvalue weighted by molar-refractivity contribution is 6.21. The zero-order valence-electron chi connectivity index (χ0n) is 24.9. The van der Waals surface area contributed by atoms with Gasteiger partial charge in [-0.2, -0.15) is 0 Å². The molecule has 3 heterocycles. The molecule has 0 radical (unpaired) electrons. The summed E-state index contributed by atoms with van der Waals surface area (Å²) >= 11 is 0. The monoisotopic (exact) mass is 604 g/mol. The van der Waals surface area contributed by atoms with Crippen molar-refractivity contribution in [1.29, 1.82) is 0 Å². The molecule has 3 aliphatic heterocycles. The van der Waals surface area contributed by atoms with E-state index >= 15 is 0 Å². The summed E-state index contributed by atoms with van der Waals surface area (Å²) in [6.45, 7) is 2.38. The lowest BCUT2D eigenvalue weighted by Crippen LogP contribution is -2.38. The Morgan fingerprint density at radius 1 is 0.756 bits per heavy atom. The molecule has 4 atom stereocenters. The Morgan fingerprint density at radius 3 is 2.16 bits per heavy atom. The fourth-order valence-electron chi connectivity index (χ4n) is 6.58. The van der Waals surface area contributed by atoms with E-state index in [0.29, 0.717) is 30.6 Å². The molecule has 0 bridgehead atoms. The summed E-state index contributed by atoms with van der Waals surface area (Å²) in [7, 11) is 0. The van der Waals surface area contributed by atoms with Crippen LogP contribution in [0.25, 0.3) is 11.1 Å². The first kappa shape index (κ1) is 29.5. The molecule has 45 heavy (non-hydrogen) atoms. The van der Waals surface area contributed by atoms with Crippen molar-refractivity contribution in [3.63, 3.8) is 0 Å². The van der Waals surface area contributed by atoms with Gasteiger partial charge < -0.3 is 19.7 Å². The smallest absolute Gasteiger partial charge is 0.261 e. The molecule has 2 saturated heterocycles. The standard InChI is InChI=1S/C37H36N2O6/c40-23-24-11-13-26(14-12-24)34-19-31(22-38-16-15-30(41)21-38)44-37(45-34)29-8-4-7-28(18-29)27-6-3-5-25(17-27)20-39-35(42)32-9-1-2-10-33(32)36(39)43/h1-14,17-18,30-31,34,37,40-41H,15-16,19-23H2/t30-,31-,34+,37+/m0/s1. The van der Waals surface area contributed by atoms with Crippen molar-refractivity contribution < 1.29 is 29.3 Å². The van der Waals surface area contributed by atoms with Crippen LogP contribution in [0.4, 0.5) is 0 Å². The molecule has 0 aromatic heterocycles. The predicted octanol–water partition coefficient (Wildman–Crippen LogP) is 5.25. The van der Waals surface area contributed by atoms with Crippen molar-refractivity contribution in [1.82, 2.24) is 9.80 Å². The van der Waals surface area contributed by atoms with Gasteiger partial charge in [0.25, 0.3) is 11.8 Å². The molecule has 8 heteroatoms. The van der Waals surface area contributed by atoms with E-state index in [0.717, 1.165) is 46.3 Å². The number of aliphatic hydroxyl groups is 2. The highest BCUT2D eigenvalue weighted by Crippen LogP contribution is 2.39. The van der Waals surface area contributed by atoms with Gasteiger partial charge in [-0.15, -0.1) is 0 Å². The fourth-order valence-corrected chi connectivity index (χ4v) is 6.58. The summed E-state index contributed by atoms with van der Waals surface area (Å²) in [4.78, 5) is 29.5. The molecule has 2 fully saturated rings. The molecule has 4 aromatic carbocycles. The second-order valence-corrected chi connectivity index (χ2v) is 12.1. The van der Waals surface area contributed by atoms with Crippen molar-refractivity contribution in [2.45, 2.75) is 50.6 Å². The molecule has 7 rings (SSSR count). The fraction of sp³-hybridized carbons (Fsp3) is 0.297. The number of nitrogens with zero attached hydrogens (tertiary/aromatic N) is 2. The normalized spacial score (nSPS) is 23.5. The zero-order valence-corrected chi connectivity index (χ0v) is 24.9. The SMILES string of the molecule is O=C1c2ccccc2C(=O)N1Cc1cccc(-c2cccc([C@@H]3O[C@H](CN4CC[C@H](O)C4)C[C@H](c4ccc(CO)cc4)O3)c2)c1. The average Bonchev–Trinajstić information content (AvgIpc) is 3.60. The number of hydrogen-bond donors (Lipinski definition) is 2. The maximum atomic E-state index is 12.9. The molecule has 3 aliphatic rings. The highest BCUT2D eigenvalue weighted by atomic mass is 16.7. The number of hydrogen-bond acceptors (Lipinski definition) is 7. The minimum Gasteiger partial charge on any atom is -0.392 e. The largest absolute Gasteiger partial charge is 0.392 e. The Kier molecular flexibility index (Phi) is 8.31. The maximum absolute atomic E-state index is 12.9. The number of ether oxygens (including phenoxy) is 2. The van der Waals surface area contributed by atoms with E-state index in [-0.39, 0.29) is 43.3 Å². The van der Waals surface area contributed by atoms with Crippen LogP contribution in [0.3, 0.4) is 0 Å². The first-order valence-electron chi connectivity index (χ1n) is 15.5. The molecule has 4 aromatic rings. The molecule has 2 amide bonds. The van der Waals surface area contributed by atoms with Crippen LogP contribution in [-0.2, 0) is 22.6 Å². The summed E-state index contributed by atoms with van der Waals surface area (Å²) < 4.78 is 13.1. The van der Waals surface area contributed by atoms with E-state index < -0.39 is 6.29 Å². The van der Waals surface area contributed by atoms with E-state index in [9.17, 15) is 19.8 Å². The van der Waals surface area contributed by atoms with Crippen LogP contribution in [0.5, 0.6) is 0 Å². The van der Waals surface area contributed by atoms with Crippen LogP contribution >= 0.6 is 0 Å². The number of amides is 2. The van der Waals surface area contributed by atoms with Crippen LogP contribution in [0.2, 0.25) is 0 Å². The van der Waals surface area contributed by atoms with Crippen LogP contribution in [0.1, 0.15) is 68.2 Å². The Hall–Kier alpha value is -4.18. The highest BCUT2D eigenvalue weighted by Gasteiger charge is 2.36. The number of likely N-dealkylation sites (tertiary alicyclic amines) is 1. The van der Waals surface area contributed by atoms with Gasteiger partial charge in [-0.1, -0.05) is 72.8 Å². The second kappa shape index (κ2) is 12.7. The summed E-state index contributed by atoms with van der Waals surface area (Å²) in [5.74, 6) is -0.540. The van der Waals surface area contributed by atoms with E-state index in [4.69, 9.17) is 9.47 Å². The number of rotatable bonds is 8. The van der Waals surface area contributed by atoms with Crippen LogP contribution in [-0.4, -0.2) is 63.7 Å². The molecule has 0 saturated carbocycles. The minimum atomic E-state index is -0.597. The van der Waals surface area contributed by atoms with Gasteiger partial charge in [0.05, 0.1) is 42.6 Å². The Labute approximate surface area is 262 Å². The second-order valence-electron chi connectivity index (χ2n) is 12.1. The lowest BCUT2D eigenvalue weighted by atomic mass is 9.98. The third-order valence-electron chi connectivity index (χ3n) is 8.96. The molecule has 8 nitrogen and oxygen atoms in total. The molecular weight excluding hydrogens is 568 g/mol. The first-order chi connectivity index (χ1) is 21.9. The van der Waals surface area contributed by atoms with E-state index in [2.05, 4.69) is 11.0 Å². The zero-order chi connectivity index (χ0) is 30.9. The van der Waals surface area contributed by atoms with Crippen molar-refractivity contribution in [2.75, 3.05) is 19.6 Å². The van der Waals surface area contributed by atoms with Gasteiger partial charge in [0.15, 0.2) is 6.29 Å². The number of aliphatic hydroxyl groups excluding tert-OH is 2.